The second kappa shape index (κ2) is 5.82. The monoisotopic (exact) mass is 232 g/mol. The van der Waals surface area contributed by atoms with Crippen LogP contribution in [0.4, 0.5) is 0 Å². The highest BCUT2D eigenvalue weighted by Crippen LogP contribution is 2.11. The molecule has 0 radical (unpaired) electrons. The van der Waals surface area contributed by atoms with Crippen LogP contribution in [0.5, 0.6) is 0 Å². The van der Waals surface area contributed by atoms with Gasteiger partial charge in [0, 0.05) is 6.54 Å². The summed E-state index contributed by atoms with van der Waals surface area (Å²) in [6.07, 6.45) is 3.01. The van der Waals surface area contributed by atoms with Gasteiger partial charge in [0.1, 0.15) is 0 Å². The Morgan fingerprint density at radius 1 is 1.35 bits per heavy atom. The standard InChI is InChI=1S/C14H20N2O/c1-2-3-9-16-11-15-13(14(16)17)10-12-7-5-4-6-8-12/h4-8,13,15H,2-3,9-11H2,1H3. The number of carbonyl (C=O) groups excluding carboxylic acids is 1. The average molecular weight is 232 g/mol. The fourth-order valence-corrected chi connectivity index (χ4v) is 2.15. The molecule has 1 aliphatic heterocycles. The molecule has 3 nitrogen and oxygen atoms in total. The summed E-state index contributed by atoms with van der Waals surface area (Å²) in [4.78, 5) is 14.0. The molecule has 1 fully saturated rings. The Balaban J connectivity index is 1.89. The Kier molecular flexibility index (Phi) is 4.15. The summed E-state index contributed by atoms with van der Waals surface area (Å²) in [6.45, 7) is 3.74. The first kappa shape index (κ1) is 12.1. The minimum atomic E-state index is -0.0331. The maximum atomic E-state index is 12.1. The first-order valence-corrected chi connectivity index (χ1v) is 6.37. The second-order valence-electron chi connectivity index (χ2n) is 4.56. The van der Waals surface area contributed by atoms with Crippen molar-refractivity contribution in [2.75, 3.05) is 13.2 Å². The molecule has 0 aromatic heterocycles. The predicted octanol–water partition coefficient (Wildman–Crippen LogP) is 1.79. The molecule has 1 saturated heterocycles. The molecule has 1 N–H and O–H groups in total. The van der Waals surface area contributed by atoms with Gasteiger partial charge in [-0.1, -0.05) is 43.7 Å². The molecule has 92 valence electrons. The lowest BCUT2D eigenvalue weighted by molar-refractivity contribution is -0.128. The predicted molar refractivity (Wildman–Crippen MR) is 68.6 cm³/mol. The molecule has 0 bridgehead atoms. The van der Waals surface area contributed by atoms with Crippen LogP contribution in [-0.2, 0) is 11.2 Å². The summed E-state index contributed by atoms with van der Waals surface area (Å²) in [6, 6.07) is 10.1. The summed E-state index contributed by atoms with van der Waals surface area (Å²) in [7, 11) is 0. The SMILES string of the molecule is CCCCN1CNC(Cc2ccccc2)C1=O. The molecule has 1 amide bonds. The molecule has 1 heterocycles. The molecule has 0 saturated carbocycles. The van der Waals surface area contributed by atoms with Crippen molar-refractivity contribution in [3.8, 4) is 0 Å². The van der Waals surface area contributed by atoms with Crippen molar-refractivity contribution in [1.29, 1.82) is 0 Å². The van der Waals surface area contributed by atoms with E-state index in [-0.39, 0.29) is 11.9 Å². The molecule has 17 heavy (non-hydrogen) atoms. The molecule has 1 aromatic carbocycles. The lowest BCUT2D eigenvalue weighted by Crippen LogP contribution is -2.32. The van der Waals surface area contributed by atoms with Gasteiger partial charge in [-0.25, -0.2) is 0 Å². The molecular formula is C14H20N2O. The molecule has 0 aliphatic carbocycles. The van der Waals surface area contributed by atoms with Crippen molar-refractivity contribution in [2.45, 2.75) is 32.2 Å². The van der Waals surface area contributed by atoms with Gasteiger partial charge in [0.15, 0.2) is 0 Å². The zero-order valence-corrected chi connectivity index (χ0v) is 10.4. The quantitative estimate of drug-likeness (QED) is 0.839. The van der Waals surface area contributed by atoms with Gasteiger partial charge in [0.05, 0.1) is 12.7 Å². The lowest BCUT2D eigenvalue weighted by atomic mass is 10.1. The fraction of sp³-hybridized carbons (Fsp3) is 0.500. The number of hydrogen-bond donors (Lipinski definition) is 1. The van der Waals surface area contributed by atoms with Gasteiger partial charge < -0.3 is 4.90 Å². The third-order valence-corrected chi connectivity index (χ3v) is 3.20. The normalized spacial score (nSPS) is 19.9. The highest BCUT2D eigenvalue weighted by Gasteiger charge is 2.30. The van der Waals surface area contributed by atoms with Crippen LogP contribution in [0.3, 0.4) is 0 Å². The number of unbranched alkanes of at least 4 members (excludes halogenated alkanes) is 1. The smallest absolute Gasteiger partial charge is 0.241 e. The van der Waals surface area contributed by atoms with Gasteiger partial charge in [-0.15, -0.1) is 0 Å². The molecule has 1 atom stereocenters. The molecule has 2 rings (SSSR count). The van der Waals surface area contributed by atoms with Crippen LogP contribution in [0.2, 0.25) is 0 Å². The van der Waals surface area contributed by atoms with Gasteiger partial charge in [-0.2, -0.15) is 0 Å². The Labute approximate surface area is 103 Å². The highest BCUT2D eigenvalue weighted by molar-refractivity contribution is 5.84. The van der Waals surface area contributed by atoms with E-state index < -0.39 is 0 Å². The van der Waals surface area contributed by atoms with Crippen LogP contribution in [0.15, 0.2) is 30.3 Å². The van der Waals surface area contributed by atoms with E-state index in [9.17, 15) is 4.79 Å². The van der Waals surface area contributed by atoms with Crippen LogP contribution in [-0.4, -0.2) is 30.1 Å². The van der Waals surface area contributed by atoms with Crippen molar-refractivity contribution in [3.63, 3.8) is 0 Å². The van der Waals surface area contributed by atoms with Gasteiger partial charge in [-0.3, -0.25) is 10.1 Å². The van der Waals surface area contributed by atoms with Gasteiger partial charge in [0.2, 0.25) is 5.91 Å². The molecule has 1 aromatic rings. The summed E-state index contributed by atoms with van der Waals surface area (Å²) >= 11 is 0. The first-order chi connectivity index (χ1) is 8.31. The number of hydrogen-bond acceptors (Lipinski definition) is 2. The fourth-order valence-electron chi connectivity index (χ4n) is 2.15. The van der Waals surface area contributed by atoms with Crippen molar-refractivity contribution < 1.29 is 4.79 Å². The third kappa shape index (κ3) is 3.07. The largest absolute Gasteiger partial charge is 0.329 e. The summed E-state index contributed by atoms with van der Waals surface area (Å²) < 4.78 is 0. The topological polar surface area (TPSA) is 32.3 Å². The van der Waals surface area contributed by atoms with Crippen LogP contribution < -0.4 is 5.32 Å². The molecule has 1 aliphatic rings. The van der Waals surface area contributed by atoms with Crippen molar-refractivity contribution >= 4 is 5.91 Å². The number of rotatable bonds is 5. The average Bonchev–Trinajstić information content (AvgIpc) is 2.70. The second-order valence-corrected chi connectivity index (χ2v) is 4.56. The highest BCUT2D eigenvalue weighted by atomic mass is 16.2. The Morgan fingerprint density at radius 3 is 2.82 bits per heavy atom. The number of benzene rings is 1. The Bertz CT molecular complexity index is 364. The zero-order valence-electron chi connectivity index (χ0n) is 10.4. The van der Waals surface area contributed by atoms with Crippen LogP contribution in [0, 0.1) is 0 Å². The Hall–Kier alpha value is -1.35. The Morgan fingerprint density at radius 2 is 2.12 bits per heavy atom. The van der Waals surface area contributed by atoms with E-state index in [1.54, 1.807) is 0 Å². The van der Waals surface area contributed by atoms with Gasteiger partial charge >= 0.3 is 0 Å². The molecule has 0 spiro atoms. The molecule has 3 heteroatoms. The van der Waals surface area contributed by atoms with Crippen molar-refractivity contribution in [3.05, 3.63) is 35.9 Å². The molecule has 1 unspecified atom stereocenters. The van der Waals surface area contributed by atoms with E-state index in [4.69, 9.17) is 0 Å². The number of nitrogens with one attached hydrogen (secondary N) is 1. The lowest BCUT2D eigenvalue weighted by Gasteiger charge is -2.14. The van der Waals surface area contributed by atoms with Gasteiger partial charge in [0.25, 0.3) is 0 Å². The molecular weight excluding hydrogens is 212 g/mol. The van der Waals surface area contributed by atoms with E-state index in [0.717, 1.165) is 25.8 Å². The maximum Gasteiger partial charge on any atom is 0.241 e. The van der Waals surface area contributed by atoms with Crippen molar-refractivity contribution in [1.82, 2.24) is 10.2 Å². The maximum absolute atomic E-state index is 12.1. The van der Waals surface area contributed by atoms with Crippen LogP contribution in [0.25, 0.3) is 0 Å². The van der Waals surface area contributed by atoms with E-state index in [0.29, 0.717) is 6.67 Å². The third-order valence-electron chi connectivity index (χ3n) is 3.20. The minimum absolute atomic E-state index is 0.0331. The van der Waals surface area contributed by atoms with Crippen molar-refractivity contribution in [2.24, 2.45) is 0 Å². The first-order valence-electron chi connectivity index (χ1n) is 6.37. The van der Waals surface area contributed by atoms with E-state index in [2.05, 4.69) is 24.4 Å². The van der Waals surface area contributed by atoms with E-state index in [1.807, 2.05) is 23.1 Å². The number of amides is 1. The summed E-state index contributed by atoms with van der Waals surface area (Å²) in [5, 5.41) is 3.29. The van der Waals surface area contributed by atoms with E-state index in [1.165, 1.54) is 5.56 Å². The zero-order chi connectivity index (χ0) is 12.1. The van der Waals surface area contributed by atoms with Gasteiger partial charge in [-0.05, 0) is 18.4 Å². The van der Waals surface area contributed by atoms with Crippen LogP contribution >= 0.6 is 0 Å². The minimum Gasteiger partial charge on any atom is -0.329 e. The summed E-state index contributed by atoms with van der Waals surface area (Å²) in [5.41, 5.74) is 1.22. The number of nitrogens with zero attached hydrogens (tertiary/aromatic N) is 1. The number of carbonyl (C=O) groups is 1. The van der Waals surface area contributed by atoms with E-state index >= 15 is 0 Å². The van der Waals surface area contributed by atoms with Crippen LogP contribution in [0.1, 0.15) is 25.3 Å². The summed E-state index contributed by atoms with van der Waals surface area (Å²) in [5.74, 6) is 0.252.